The van der Waals surface area contributed by atoms with Gasteiger partial charge in [-0.15, -0.1) is 0 Å². The van der Waals surface area contributed by atoms with Crippen molar-refractivity contribution in [2.75, 3.05) is 47.9 Å². The van der Waals surface area contributed by atoms with Crippen molar-refractivity contribution in [2.45, 2.75) is 0 Å². The second-order valence-electron chi connectivity index (χ2n) is 4.66. The summed E-state index contributed by atoms with van der Waals surface area (Å²) in [6.45, 7) is 1.21. The predicted octanol–water partition coefficient (Wildman–Crippen LogP) is 0.111. The van der Waals surface area contributed by atoms with E-state index in [0.29, 0.717) is 30.2 Å². The summed E-state index contributed by atoms with van der Waals surface area (Å²) in [4.78, 5) is 25.1. The van der Waals surface area contributed by atoms with E-state index in [-0.39, 0.29) is 18.4 Å². The lowest BCUT2D eigenvalue weighted by Gasteiger charge is -2.18. The summed E-state index contributed by atoms with van der Waals surface area (Å²) < 4.78 is 10.6. The van der Waals surface area contributed by atoms with E-state index in [0.717, 1.165) is 0 Å². The SMILES string of the molecule is CNCCN(C)C(=O)c1ccc(OCC(=O)NC)c(OC)c1. The van der Waals surface area contributed by atoms with Crippen LogP contribution in [0.2, 0.25) is 0 Å². The molecule has 0 atom stereocenters. The van der Waals surface area contributed by atoms with Crippen LogP contribution in [0.3, 0.4) is 0 Å². The van der Waals surface area contributed by atoms with Crippen LogP contribution < -0.4 is 20.1 Å². The second-order valence-corrected chi connectivity index (χ2v) is 4.66. The number of rotatable bonds is 8. The Bertz CT molecular complexity index is 520. The van der Waals surface area contributed by atoms with Gasteiger partial charge in [-0.2, -0.15) is 0 Å². The van der Waals surface area contributed by atoms with E-state index in [1.54, 1.807) is 30.1 Å². The Morgan fingerprint density at radius 2 is 1.95 bits per heavy atom. The van der Waals surface area contributed by atoms with Gasteiger partial charge in [0.15, 0.2) is 18.1 Å². The van der Waals surface area contributed by atoms with Crippen LogP contribution in [0.4, 0.5) is 0 Å². The van der Waals surface area contributed by atoms with Crippen LogP contribution in [0, 0.1) is 0 Å². The number of benzene rings is 1. The van der Waals surface area contributed by atoms with Crippen molar-refractivity contribution < 1.29 is 19.1 Å². The van der Waals surface area contributed by atoms with E-state index in [2.05, 4.69) is 10.6 Å². The van der Waals surface area contributed by atoms with Crippen LogP contribution >= 0.6 is 0 Å². The van der Waals surface area contributed by atoms with Gasteiger partial charge in [0.2, 0.25) is 0 Å². The lowest BCUT2D eigenvalue weighted by atomic mass is 10.1. The number of methoxy groups -OCH3 is 1. The highest BCUT2D eigenvalue weighted by Gasteiger charge is 2.15. The molecule has 0 aliphatic carbocycles. The zero-order valence-electron chi connectivity index (χ0n) is 13.4. The molecule has 0 saturated carbocycles. The molecular weight excluding hydrogens is 286 g/mol. The van der Waals surface area contributed by atoms with Crippen LogP contribution in [0.15, 0.2) is 18.2 Å². The Balaban J connectivity index is 2.83. The van der Waals surface area contributed by atoms with Gasteiger partial charge in [-0.1, -0.05) is 0 Å². The second kappa shape index (κ2) is 8.89. The number of carbonyl (C=O) groups excluding carboxylic acids is 2. The van der Waals surface area contributed by atoms with Gasteiger partial charge in [0, 0.05) is 32.7 Å². The van der Waals surface area contributed by atoms with Gasteiger partial charge in [-0.25, -0.2) is 0 Å². The van der Waals surface area contributed by atoms with Crippen molar-refractivity contribution >= 4 is 11.8 Å². The predicted molar refractivity (Wildman–Crippen MR) is 83.4 cm³/mol. The van der Waals surface area contributed by atoms with Gasteiger partial charge in [-0.3, -0.25) is 9.59 Å². The molecule has 0 radical (unpaired) electrons. The average Bonchev–Trinajstić information content (AvgIpc) is 2.56. The summed E-state index contributed by atoms with van der Waals surface area (Å²) in [7, 11) is 6.59. The third-order valence-corrected chi connectivity index (χ3v) is 3.09. The minimum Gasteiger partial charge on any atom is -0.493 e. The molecule has 0 saturated heterocycles. The summed E-state index contributed by atoms with van der Waals surface area (Å²) >= 11 is 0. The molecule has 1 rings (SSSR count). The number of ether oxygens (including phenoxy) is 2. The van der Waals surface area contributed by atoms with Crippen molar-refractivity contribution in [2.24, 2.45) is 0 Å². The van der Waals surface area contributed by atoms with Crippen LogP contribution in [-0.2, 0) is 4.79 Å². The molecule has 1 aromatic carbocycles. The summed E-state index contributed by atoms with van der Waals surface area (Å²) in [5.41, 5.74) is 0.503. The molecule has 0 aliphatic rings. The maximum atomic E-state index is 12.3. The molecule has 0 fully saturated rings. The molecule has 0 aromatic heterocycles. The molecule has 122 valence electrons. The molecule has 2 amide bonds. The Morgan fingerprint density at radius 3 is 2.55 bits per heavy atom. The normalized spacial score (nSPS) is 10.0. The third kappa shape index (κ3) is 4.92. The lowest BCUT2D eigenvalue weighted by molar-refractivity contribution is -0.122. The molecule has 0 spiro atoms. The smallest absolute Gasteiger partial charge is 0.257 e. The fourth-order valence-corrected chi connectivity index (χ4v) is 1.74. The first kappa shape index (κ1) is 17.8. The Hall–Kier alpha value is -2.28. The highest BCUT2D eigenvalue weighted by atomic mass is 16.5. The molecule has 2 N–H and O–H groups in total. The first-order valence-corrected chi connectivity index (χ1v) is 6.95. The third-order valence-electron chi connectivity index (χ3n) is 3.09. The highest BCUT2D eigenvalue weighted by molar-refractivity contribution is 5.94. The number of likely N-dealkylation sites (N-methyl/N-ethyl adjacent to an activating group) is 3. The van der Waals surface area contributed by atoms with Crippen LogP contribution in [0.5, 0.6) is 11.5 Å². The van der Waals surface area contributed by atoms with E-state index in [1.807, 2.05) is 7.05 Å². The van der Waals surface area contributed by atoms with E-state index in [4.69, 9.17) is 9.47 Å². The summed E-state index contributed by atoms with van der Waals surface area (Å²) in [5.74, 6) is 0.484. The molecule has 7 nitrogen and oxygen atoms in total. The summed E-state index contributed by atoms with van der Waals surface area (Å²) in [5, 5.41) is 5.46. The van der Waals surface area contributed by atoms with Gasteiger partial charge in [0.25, 0.3) is 11.8 Å². The standard InChI is InChI=1S/C15H23N3O4/c1-16-7-8-18(3)15(20)11-5-6-12(13(9-11)21-4)22-10-14(19)17-2/h5-6,9,16H,7-8,10H2,1-4H3,(H,17,19). The van der Waals surface area contributed by atoms with Crippen LogP contribution in [0.1, 0.15) is 10.4 Å². The minimum absolute atomic E-state index is 0.105. The number of hydrogen-bond donors (Lipinski definition) is 2. The topological polar surface area (TPSA) is 79.9 Å². The largest absolute Gasteiger partial charge is 0.493 e. The van der Waals surface area contributed by atoms with Crippen molar-refractivity contribution in [3.8, 4) is 11.5 Å². The number of nitrogens with zero attached hydrogens (tertiary/aromatic N) is 1. The van der Waals surface area contributed by atoms with E-state index in [1.165, 1.54) is 14.2 Å². The Morgan fingerprint density at radius 1 is 1.23 bits per heavy atom. The van der Waals surface area contributed by atoms with Crippen LogP contribution in [0.25, 0.3) is 0 Å². The van der Waals surface area contributed by atoms with Gasteiger partial charge >= 0.3 is 0 Å². The minimum atomic E-state index is -0.242. The summed E-state index contributed by atoms with van der Waals surface area (Å²) in [6, 6.07) is 4.89. The average molecular weight is 309 g/mol. The van der Waals surface area contributed by atoms with Crippen molar-refractivity contribution in [1.29, 1.82) is 0 Å². The highest BCUT2D eigenvalue weighted by Crippen LogP contribution is 2.28. The van der Waals surface area contributed by atoms with Gasteiger partial charge in [0.05, 0.1) is 7.11 Å². The number of amides is 2. The Labute approximate surface area is 130 Å². The molecule has 0 bridgehead atoms. The maximum Gasteiger partial charge on any atom is 0.257 e. The van der Waals surface area contributed by atoms with Gasteiger partial charge in [0.1, 0.15) is 0 Å². The monoisotopic (exact) mass is 309 g/mol. The maximum absolute atomic E-state index is 12.3. The van der Waals surface area contributed by atoms with Crippen molar-refractivity contribution in [1.82, 2.24) is 15.5 Å². The lowest BCUT2D eigenvalue weighted by Crippen LogP contribution is -2.32. The van der Waals surface area contributed by atoms with E-state index in [9.17, 15) is 9.59 Å². The molecule has 0 heterocycles. The van der Waals surface area contributed by atoms with Crippen molar-refractivity contribution in [3.05, 3.63) is 23.8 Å². The van der Waals surface area contributed by atoms with Crippen LogP contribution in [-0.4, -0.2) is 64.7 Å². The fraction of sp³-hybridized carbons (Fsp3) is 0.467. The van der Waals surface area contributed by atoms with Crippen molar-refractivity contribution in [3.63, 3.8) is 0 Å². The first-order chi connectivity index (χ1) is 10.5. The molecule has 7 heteroatoms. The molecular formula is C15H23N3O4. The number of carbonyl (C=O) groups is 2. The molecule has 0 aliphatic heterocycles. The van der Waals surface area contributed by atoms with E-state index < -0.39 is 0 Å². The van der Waals surface area contributed by atoms with Gasteiger partial charge in [-0.05, 0) is 25.2 Å². The first-order valence-electron chi connectivity index (χ1n) is 6.95. The molecule has 1 aromatic rings. The zero-order valence-corrected chi connectivity index (χ0v) is 13.4. The summed E-state index contributed by atoms with van der Waals surface area (Å²) in [6.07, 6.45) is 0. The zero-order chi connectivity index (χ0) is 16.5. The van der Waals surface area contributed by atoms with Gasteiger partial charge < -0.3 is 25.0 Å². The molecule has 0 unspecified atom stereocenters. The number of hydrogen-bond acceptors (Lipinski definition) is 5. The fourth-order valence-electron chi connectivity index (χ4n) is 1.74. The van der Waals surface area contributed by atoms with E-state index >= 15 is 0 Å². The number of nitrogens with one attached hydrogen (secondary N) is 2. The Kier molecular flexibility index (Phi) is 7.18. The molecule has 22 heavy (non-hydrogen) atoms. The quantitative estimate of drug-likeness (QED) is 0.712.